The van der Waals surface area contributed by atoms with Gasteiger partial charge in [0.05, 0.1) is 17.6 Å². The standard InChI is InChI=1S/C27H27N3O2/c31-27(17-16-22-10-3-1-4-11-22)28-19-18-26-29-24-14-7-8-15-25(24)30(26)20-9-21-32-23-12-5-2-6-13-23/h1-8,10-17H,9,18-21H2,(H,28,31)/b17-16+. The number of hydrogen-bond donors (Lipinski definition) is 1. The van der Waals surface area contributed by atoms with Crippen molar-refractivity contribution in [2.45, 2.75) is 19.4 Å². The van der Waals surface area contributed by atoms with Crippen molar-refractivity contribution in [2.24, 2.45) is 0 Å². The molecule has 5 nitrogen and oxygen atoms in total. The van der Waals surface area contributed by atoms with Crippen LogP contribution in [0.2, 0.25) is 0 Å². The van der Waals surface area contributed by atoms with E-state index < -0.39 is 0 Å². The van der Waals surface area contributed by atoms with Crippen LogP contribution in [0.4, 0.5) is 0 Å². The number of hydrogen-bond acceptors (Lipinski definition) is 3. The first kappa shape index (κ1) is 21.4. The minimum atomic E-state index is -0.104. The first-order valence-corrected chi connectivity index (χ1v) is 10.9. The maximum absolute atomic E-state index is 12.2. The first-order valence-electron chi connectivity index (χ1n) is 10.9. The number of aromatic nitrogens is 2. The lowest BCUT2D eigenvalue weighted by atomic mass is 10.2. The normalized spacial score (nSPS) is 11.1. The van der Waals surface area contributed by atoms with Gasteiger partial charge in [0.25, 0.3) is 0 Å². The largest absolute Gasteiger partial charge is 0.494 e. The maximum Gasteiger partial charge on any atom is 0.244 e. The second-order valence-electron chi connectivity index (χ2n) is 7.47. The molecule has 1 aromatic heterocycles. The summed E-state index contributed by atoms with van der Waals surface area (Å²) in [6, 6.07) is 27.8. The lowest BCUT2D eigenvalue weighted by molar-refractivity contribution is -0.116. The zero-order chi connectivity index (χ0) is 22.0. The van der Waals surface area contributed by atoms with Crippen LogP contribution in [0.1, 0.15) is 17.8 Å². The molecular weight excluding hydrogens is 398 g/mol. The highest BCUT2D eigenvalue weighted by Crippen LogP contribution is 2.17. The number of ether oxygens (including phenoxy) is 1. The molecule has 0 radical (unpaired) electrons. The second-order valence-corrected chi connectivity index (χ2v) is 7.47. The second kappa shape index (κ2) is 11.0. The van der Waals surface area contributed by atoms with E-state index in [1.807, 2.05) is 84.9 Å². The number of benzene rings is 3. The number of nitrogens with zero attached hydrogens (tertiary/aromatic N) is 2. The van der Waals surface area contributed by atoms with E-state index in [0.717, 1.165) is 41.1 Å². The number of rotatable bonds is 10. The molecule has 1 N–H and O–H groups in total. The molecule has 4 aromatic rings. The number of imidazole rings is 1. The quantitative estimate of drug-likeness (QED) is 0.291. The number of amides is 1. The predicted molar refractivity (Wildman–Crippen MR) is 128 cm³/mol. The summed E-state index contributed by atoms with van der Waals surface area (Å²) < 4.78 is 8.07. The van der Waals surface area contributed by atoms with Gasteiger partial charge < -0.3 is 14.6 Å². The summed E-state index contributed by atoms with van der Waals surface area (Å²) >= 11 is 0. The van der Waals surface area contributed by atoms with Crippen molar-refractivity contribution in [3.63, 3.8) is 0 Å². The number of carbonyl (C=O) groups excluding carboxylic acids is 1. The zero-order valence-corrected chi connectivity index (χ0v) is 18.0. The zero-order valence-electron chi connectivity index (χ0n) is 18.0. The van der Waals surface area contributed by atoms with Crippen LogP contribution < -0.4 is 10.1 Å². The fraction of sp³-hybridized carbons (Fsp3) is 0.185. The van der Waals surface area contributed by atoms with Gasteiger partial charge in [0.2, 0.25) is 5.91 Å². The van der Waals surface area contributed by atoms with Gasteiger partial charge >= 0.3 is 0 Å². The van der Waals surface area contributed by atoms with Gasteiger partial charge in [-0.05, 0) is 42.3 Å². The molecule has 0 saturated carbocycles. The summed E-state index contributed by atoms with van der Waals surface area (Å²) in [6.45, 7) is 1.98. The van der Waals surface area contributed by atoms with E-state index in [-0.39, 0.29) is 5.91 Å². The van der Waals surface area contributed by atoms with E-state index in [4.69, 9.17) is 9.72 Å². The lowest BCUT2D eigenvalue weighted by Crippen LogP contribution is -2.24. The van der Waals surface area contributed by atoms with Crippen molar-refractivity contribution >= 4 is 23.0 Å². The van der Waals surface area contributed by atoms with Gasteiger partial charge in [-0.25, -0.2) is 4.98 Å². The Bertz CT molecular complexity index is 1170. The average molecular weight is 426 g/mol. The fourth-order valence-electron chi connectivity index (χ4n) is 3.59. The van der Waals surface area contributed by atoms with Crippen molar-refractivity contribution in [2.75, 3.05) is 13.2 Å². The Morgan fingerprint density at radius 1 is 0.938 bits per heavy atom. The Morgan fingerprint density at radius 3 is 2.47 bits per heavy atom. The Balaban J connectivity index is 1.33. The number of para-hydroxylation sites is 3. The SMILES string of the molecule is O=C(/C=C/c1ccccc1)NCCc1nc2ccccc2n1CCCOc1ccccc1. The molecule has 0 aliphatic carbocycles. The molecule has 5 heteroatoms. The number of nitrogens with one attached hydrogen (secondary N) is 1. The minimum absolute atomic E-state index is 0.104. The Labute approximate surface area is 188 Å². The van der Waals surface area contributed by atoms with Crippen molar-refractivity contribution in [3.05, 3.63) is 102 Å². The Hall–Kier alpha value is -3.86. The molecule has 0 spiro atoms. The van der Waals surface area contributed by atoms with Crippen LogP contribution in [0.25, 0.3) is 17.1 Å². The summed E-state index contributed by atoms with van der Waals surface area (Å²) in [4.78, 5) is 17.0. The molecule has 0 aliphatic rings. The van der Waals surface area contributed by atoms with Crippen molar-refractivity contribution in [3.8, 4) is 5.75 Å². The molecule has 162 valence electrons. The van der Waals surface area contributed by atoms with Gasteiger partial charge in [-0.2, -0.15) is 0 Å². The molecule has 1 heterocycles. The molecular formula is C27H27N3O2. The van der Waals surface area contributed by atoms with Gasteiger partial charge in [-0.1, -0.05) is 60.7 Å². The van der Waals surface area contributed by atoms with Crippen LogP contribution in [0, 0.1) is 0 Å². The summed E-state index contributed by atoms with van der Waals surface area (Å²) in [5, 5.41) is 2.96. The number of aryl methyl sites for hydroxylation is 1. The highest BCUT2D eigenvalue weighted by atomic mass is 16.5. The molecule has 3 aromatic carbocycles. The van der Waals surface area contributed by atoms with E-state index in [0.29, 0.717) is 19.6 Å². The average Bonchev–Trinajstić information content (AvgIpc) is 3.19. The highest BCUT2D eigenvalue weighted by molar-refractivity contribution is 5.91. The minimum Gasteiger partial charge on any atom is -0.494 e. The smallest absolute Gasteiger partial charge is 0.244 e. The van der Waals surface area contributed by atoms with Crippen LogP contribution >= 0.6 is 0 Å². The third kappa shape index (κ3) is 5.85. The highest BCUT2D eigenvalue weighted by Gasteiger charge is 2.10. The van der Waals surface area contributed by atoms with Crippen molar-refractivity contribution in [1.29, 1.82) is 0 Å². The third-order valence-electron chi connectivity index (χ3n) is 5.15. The van der Waals surface area contributed by atoms with Crippen molar-refractivity contribution in [1.82, 2.24) is 14.9 Å². The first-order chi connectivity index (χ1) is 15.8. The molecule has 0 fully saturated rings. The van der Waals surface area contributed by atoms with E-state index in [2.05, 4.69) is 16.0 Å². The number of carbonyl (C=O) groups is 1. The maximum atomic E-state index is 12.2. The van der Waals surface area contributed by atoms with Crippen LogP contribution in [-0.2, 0) is 17.8 Å². The van der Waals surface area contributed by atoms with E-state index in [1.54, 1.807) is 6.08 Å². The third-order valence-corrected chi connectivity index (χ3v) is 5.15. The van der Waals surface area contributed by atoms with E-state index >= 15 is 0 Å². The molecule has 1 amide bonds. The summed E-state index contributed by atoms with van der Waals surface area (Å²) in [7, 11) is 0. The molecule has 0 atom stereocenters. The van der Waals surface area contributed by atoms with E-state index in [9.17, 15) is 4.79 Å². The van der Waals surface area contributed by atoms with Gasteiger partial charge in [0.1, 0.15) is 11.6 Å². The lowest BCUT2D eigenvalue weighted by Gasteiger charge is -2.11. The topological polar surface area (TPSA) is 56.2 Å². The summed E-state index contributed by atoms with van der Waals surface area (Å²) in [5.41, 5.74) is 3.08. The Morgan fingerprint density at radius 2 is 1.66 bits per heavy atom. The predicted octanol–water partition coefficient (Wildman–Crippen LogP) is 4.88. The van der Waals surface area contributed by atoms with Gasteiger partial charge in [-0.15, -0.1) is 0 Å². The Kier molecular flexibility index (Phi) is 7.32. The van der Waals surface area contributed by atoms with Gasteiger partial charge in [-0.3, -0.25) is 4.79 Å². The van der Waals surface area contributed by atoms with Crippen LogP contribution in [-0.4, -0.2) is 28.6 Å². The van der Waals surface area contributed by atoms with Crippen LogP contribution in [0.3, 0.4) is 0 Å². The van der Waals surface area contributed by atoms with Gasteiger partial charge in [0, 0.05) is 25.6 Å². The fourth-order valence-corrected chi connectivity index (χ4v) is 3.59. The number of fused-ring (bicyclic) bond motifs is 1. The van der Waals surface area contributed by atoms with Crippen LogP contribution in [0.5, 0.6) is 5.75 Å². The van der Waals surface area contributed by atoms with E-state index in [1.165, 1.54) is 0 Å². The molecule has 32 heavy (non-hydrogen) atoms. The molecule has 0 bridgehead atoms. The van der Waals surface area contributed by atoms with Crippen molar-refractivity contribution < 1.29 is 9.53 Å². The summed E-state index contributed by atoms with van der Waals surface area (Å²) in [6.07, 6.45) is 4.92. The molecule has 0 unspecified atom stereocenters. The molecule has 4 rings (SSSR count). The molecule has 0 saturated heterocycles. The summed E-state index contributed by atoms with van der Waals surface area (Å²) in [5.74, 6) is 1.75. The van der Waals surface area contributed by atoms with Gasteiger partial charge in [0.15, 0.2) is 0 Å². The van der Waals surface area contributed by atoms with Crippen LogP contribution in [0.15, 0.2) is 91.0 Å². The monoisotopic (exact) mass is 425 g/mol. The molecule has 0 aliphatic heterocycles.